The average molecular weight is 215 g/mol. The Kier molecular flexibility index (Phi) is 3.55. The van der Waals surface area contributed by atoms with Gasteiger partial charge in [-0.2, -0.15) is 0 Å². The molecule has 76 valence electrons. The number of nitrogens with two attached hydrogens (primary N) is 1. The Balaban J connectivity index is 2.40. The van der Waals surface area contributed by atoms with Gasteiger partial charge in [-0.1, -0.05) is 0 Å². The molecule has 0 aromatic carbocycles. The van der Waals surface area contributed by atoms with Crippen LogP contribution in [-0.2, 0) is 4.79 Å². The monoisotopic (exact) mass is 215 g/mol. The summed E-state index contributed by atoms with van der Waals surface area (Å²) >= 11 is 1.29. The number of nitrogens with zero attached hydrogens (tertiary/aromatic N) is 1. The van der Waals surface area contributed by atoms with Gasteiger partial charge in [-0.15, -0.1) is 11.3 Å². The third-order valence-corrected chi connectivity index (χ3v) is 2.05. The first-order valence-corrected chi connectivity index (χ1v) is 4.70. The normalized spacial score (nSPS) is 12.1. The fourth-order valence-corrected chi connectivity index (χ4v) is 1.24. The van der Waals surface area contributed by atoms with E-state index in [1.54, 1.807) is 5.38 Å². The molecule has 14 heavy (non-hydrogen) atoms. The SMILES string of the molecule is NC(CNC(=O)c1cscn1)C(=O)O. The minimum atomic E-state index is -1.15. The number of hydrogen-bond acceptors (Lipinski definition) is 5. The Morgan fingerprint density at radius 2 is 2.43 bits per heavy atom. The molecule has 0 aliphatic heterocycles. The maximum atomic E-state index is 11.2. The summed E-state index contributed by atoms with van der Waals surface area (Å²) in [5.74, 6) is -1.56. The molecule has 4 N–H and O–H groups in total. The van der Waals surface area contributed by atoms with Crippen LogP contribution in [0.3, 0.4) is 0 Å². The number of carboxylic acids is 1. The molecule has 0 radical (unpaired) electrons. The molecular formula is C7H9N3O3S. The van der Waals surface area contributed by atoms with E-state index in [0.29, 0.717) is 0 Å². The zero-order valence-electron chi connectivity index (χ0n) is 7.14. The van der Waals surface area contributed by atoms with Gasteiger partial charge in [0.05, 0.1) is 5.51 Å². The number of rotatable bonds is 4. The lowest BCUT2D eigenvalue weighted by Gasteiger charge is -2.06. The first-order valence-electron chi connectivity index (χ1n) is 3.76. The molecule has 1 rings (SSSR count). The molecule has 0 saturated heterocycles. The van der Waals surface area contributed by atoms with Crippen molar-refractivity contribution in [3.63, 3.8) is 0 Å². The third-order valence-electron chi connectivity index (χ3n) is 1.46. The Bertz CT molecular complexity index is 325. The average Bonchev–Trinajstić information content (AvgIpc) is 2.66. The maximum Gasteiger partial charge on any atom is 0.322 e. The lowest BCUT2D eigenvalue weighted by molar-refractivity contribution is -0.138. The standard InChI is InChI=1S/C7H9N3O3S/c8-4(7(12)13)1-9-6(11)5-2-14-3-10-5/h2-4H,1,8H2,(H,9,11)(H,12,13). The van der Waals surface area contributed by atoms with Gasteiger partial charge < -0.3 is 16.2 Å². The molecule has 0 aliphatic carbocycles. The van der Waals surface area contributed by atoms with Crippen molar-refractivity contribution in [2.75, 3.05) is 6.54 Å². The molecule has 1 aromatic heterocycles. The van der Waals surface area contributed by atoms with E-state index >= 15 is 0 Å². The van der Waals surface area contributed by atoms with E-state index in [4.69, 9.17) is 10.8 Å². The van der Waals surface area contributed by atoms with Gasteiger partial charge >= 0.3 is 5.97 Å². The largest absolute Gasteiger partial charge is 0.480 e. The van der Waals surface area contributed by atoms with Gasteiger partial charge in [-0.25, -0.2) is 4.98 Å². The molecule has 0 aliphatic rings. The van der Waals surface area contributed by atoms with Gasteiger partial charge in [0.15, 0.2) is 0 Å². The van der Waals surface area contributed by atoms with Crippen molar-refractivity contribution in [1.82, 2.24) is 10.3 Å². The van der Waals surface area contributed by atoms with Crippen LogP contribution in [0.1, 0.15) is 10.5 Å². The molecule has 7 heteroatoms. The summed E-state index contributed by atoms with van der Waals surface area (Å²) in [5, 5.41) is 12.4. The van der Waals surface area contributed by atoms with Gasteiger partial charge in [0.1, 0.15) is 11.7 Å². The van der Waals surface area contributed by atoms with Crippen LogP contribution in [0.15, 0.2) is 10.9 Å². The van der Waals surface area contributed by atoms with Crippen LogP contribution in [0.2, 0.25) is 0 Å². The van der Waals surface area contributed by atoms with Crippen LogP contribution in [-0.4, -0.2) is 34.6 Å². The number of carboxylic acid groups (broad SMARTS) is 1. The predicted molar refractivity (Wildman–Crippen MR) is 50.1 cm³/mol. The van der Waals surface area contributed by atoms with E-state index in [1.807, 2.05) is 0 Å². The number of carbonyl (C=O) groups is 2. The molecule has 0 saturated carbocycles. The fraction of sp³-hybridized carbons (Fsp3) is 0.286. The van der Waals surface area contributed by atoms with Gasteiger partial charge in [-0.3, -0.25) is 9.59 Å². The summed E-state index contributed by atoms with van der Waals surface area (Å²) in [6.07, 6.45) is 0. The molecule has 1 aromatic rings. The first kappa shape index (κ1) is 10.6. The predicted octanol–water partition coefficient (Wildman–Crippen LogP) is -0.715. The zero-order valence-corrected chi connectivity index (χ0v) is 7.95. The number of thiazole rings is 1. The second kappa shape index (κ2) is 4.68. The third kappa shape index (κ3) is 2.79. The zero-order chi connectivity index (χ0) is 10.6. The smallest absolute Gasteiger partial charge is 0.322 e. The van der Waals surface area contributed by atoms with Crippen molar-refractivity contribution in [3.8, 4) is 0 Å². The van der Waals surface area contributed by atoms with Gasteiger partial charge in [-0.05, 0) is 0 Å². The number of aromatic nitrogens is 1. The maximum absolute atomic E-state index is 11.2. The molecule has 6 nitrogen and oxygen atoms in total. The highest BCUT2D eigenvalue weighted by atomic mass is 32.1. The first-order chi connectivity index (χ1) is 6.61. The van der Waals surface area contributed by atoms with Crippen LogP contribution < -0.4 is 11.1 Å². The summed E-state index contributed by atoms with van der Waals surface area (Å²) in [6, 6.07) is -1.09. The summed E-state index contributed by atoms with van der Waals surface area (Å²) in [4.78, 5) is 25.3. The quantitative estimate of drug-likeness (QED) is 0.615. The summed E-state index contributed by atoms with van der Waals surface area (Å²) in [7, 11) is 0. The minimum Gasteiger partial charge on any atom is -0.480 e. The number of amides is 1. The molecular weight excluding hydrogens is 206 g/mol. The fourth-order valence-electron chi connectivity index (χ4n) is 0.705. The topological polar surface area (TPSA) is 105 Å². The molecule has 1 amide bonds. The van der Waals surface area contributed by atoms with Crippen molar-refractivity contribution in [1.29, 1.82) is 0 Å². The van der Waals surface area contributed by atoms with Crippen molar-refractivity contribution in [3.05, 3.63) is 16.6 Å². The van der Waals surface area contributed by atoms with Gasteiger partial charge in [0, 0.05) is 11.9 Å². The van der Waals surface area contributed by atoms with Gasteiger partial charge in [0.2, 0.25) is 0 Å². The van der Waals surface area contributed by atoms with Crippen molar-refractivity contribution in [2.24, 2.45) is 5.73 Å². The second-order valence-corrected chi connectivity index (χ2v) is 3.25. The van der Waals surface area contributed by atoms with Crippen molar-refractivity contribution >= 4 is 23.2 Å². The number of aliphatic carboxylic acids is 1. The van der Waals surface area contributed by atoms with Crippen LogP contribution in [0.5, 0.6) is 0 Å². The van der Waals surface area contributed by atoms with E-state index in [2.05, 4.69) is 10.3 Å². The molecule has 0 fully saturated rings. The van der Waals surface area contributed by atoms with Crippen LogP contribution >= 0.6 is 11.3 Å². The molecule has 1 atom stereocenters. The number of carbonyl (C=O) groups excluding carboxylic acids is 1. The van der Waals surface area contributed by atoms with E-state index in [-0.39, 0.29) is 12.2 Å². The van der Waals surface area contributed by atoms with Crippen LogP contribution in [0.4, 0.5) is 0 Å². The van der Waals surface area contributed by atoms with E-state index in [9.17, 15) is 9.59 Å². The summed E-state index contributed by atoms with van der Waals surface area (Å²) in [6.45, 7) is -0.105. The second-order valence-electron chi connectivity index (χ2n) is 2.53. The van der Waals surface area contributed by atoms with Crippen LogP contribution in [0, 0.1) is 0 Å². The Morgan fingerprint density at radius 3 is 2.93 bits per heavy atom. The highest BCUT2D eigenvalue weighted by Crippen LogP contribution is 1.99. The Hall–Kier alpha value is -1.47. The van der Waals surface area contributed by atoms with E-state index < -0.39 is 17.9 Å². The van der Waals surface area contributed by atoms with Crippen molar-refractivity contribution in [2.45, 2.75) is 6.04 Å². The Labute approximate surface area is 83.8 Å². The summed E-state index contributed by atoms with van der Waals surface area (Å²) < 4.78 is 0. The lowest BCUT2D eigenvalue weighted by Crippen LogP contribution is -2.42. The Morgan fingerprint density at radius 1 is 1.71 bits per heavy atom. The van der Waals surface area contributed by atoms with Crippen LogP contribution in [0.25, 0.3) is 0 Å². The summed E-state index contributed by atoms with van der Waals surface area (Å²) in [5.41, 5.74) is 6.98. The molecule has 1 heterocycles. The van der Waals surface area contributed by atoms with E-state index in [1.165, 1.54) is 16.8 Å². The van der Waals surface area contributed by atoms with E-state index in [0.717, 1.165) is 0 Å². The highest BCUT2D eigenvalue weighted by Gasteiger charge is 2.14. The highest BCUT2D eigenvalue weighted by molar-refractivity contribution is 7.07. The molecule has 0 bridgehead atoms. The molecule has 1 unspecified atom stereocenters. The minimum absolute atomic E-state index is 0.105. The van der Waals surface area contributed by atoms with Gasteiger partial charge in [0.25, 0.3) is 5.91 Å². The number of nitrogens with one attached hydrogen (secondary N) is 1. The lowest BCUT2D eigenvalue weighted by atomic mass is 10.3. The van der Waals surface area contributed by atoms with Crippen molar-refractivity contribution < 1.29 is 14.7 Å². The molecule has 0 spiro atoms. The number of hydrogen-bond donors (Lipinski definition) is 3.